The van der Waals surface area contributed by atoms with Crippen molar-refractivity contribution in [2.75, 3.05) is 13.2 Å². The van der Waals surface area contributed by atoms with Gasteiger partial charge in [-0.15, -0.1) is 0 Å². The van der Waals surface area contributed by atoms with Crippen LogP contribution in [0.2, 0.25) is 0 Å². The molecule has 0 N–H and O–H groups in total. The fourth-order valence-electron chi connectivity index (χ4n) is 1.72. The van der Waals surface area contributed by atoms with E-state index < -0.39 is 0 Å². The van der Waals surface area contributed by atoms with Crippen LogP contribution >= 0.6 is 0 Å². The lowest BCUT2D eigenvalue weighted by atomic mass is 10.0. The molecule has 3 nitrogen and oxygen atoms in total. The molecule has 0 aliphatic heterocycles. The van der Waals surface area contributed by atoms with Gasteiger partial charge in [-0.2, -0.15) is 0 Å². The van der Waals surface area contributed by atoms with Crippen molar-refractivity contribution < 1.29 is 13.9 Å². The third-order valence-electron chi connectivity index (χ3n) is 2.93. The molecule has 1 aromatic heterocycles. The Labute approximate surface area is 103 Å². The molecule has 1 heterocycles. The fraction of sp³-hybridized carbons (Fsp3) is 0.643. The molecule has 1 atom stereocenters. The number of furan rings is 1. The monoisotopic (exact) mass is 238 g/mol. The Balaban J connectivity index is 2.19. The smallest absolute Gasteiger partial charge is 0.223 e. The molecule has 1 unspecified atom stereocenters. The van der Waals surface area contributed by atoms with E-state index in [1.165, 1.54) is 25.5 Å². The summed E-state index contributed by atoms with van der Waals surface area (Å²) >= 11 is 0. The van der Waals surface area contributed by atoms with Gasteiger partial charge < -0.3 is 9.15 Å². The van der Waals surface area contributed by atoms with Gasteiger partial charge in [0, 0.05) is 6.61 Å². The summed E-state index contributed by atoms with van der Waals surface area (Å²) in [6, 6.07) is 3.38. The lowest BCUT2D eigenvalue weighted by molar-refractivity contribution is 0.0635. The topological polar surface area (TPSA) is 39.4 Å². The zero-order valence-electron chi connectivity index (χ0n) is 10.8. The van der Waals surface area contributed by atoms with Gasteiger partial charge in [-0.1, -0.05) is 33.1 Å². The zero-order valence-corrected chi connectivity index (χ0v) is 10.8. The van der Waals surface area contributed by atoms with E-state index in [-0.39, 0.29) is 12.4 Å². The van der Waals surface area contributed by atoms with Crippen LogP contribution in [0.5, 0.6) is 0 Å². The number of hydrogen-bond donors (Lipinski definition) is 0. The van der Waals surface area contributed by atoms with Gasteiger partial charge in [0.1, 0.15) is 6.61 Å². The number of ether oxygens (including phenoxy) is 1. The Bertz CT molecular complexity index is 303. The number of Topliss-reactive ketones (excluding diaryl/α,β-unsaturated/α-hetero) is 1. The van der Waals surface area contributed by atoms with E-state index in [1.54, 1.807) is 12.1 Å². The Kier molecular flexibility index (Phi) is 6.63. The number of hydrogen-bond acceptors (Lipinski definition) is 3. The molecule has 0 aromatic carbocycles. The highest BCUT2D eigenvalue weighted by Gasteiger charge is 2.11. The number of rotatable bonds is 9. The molecule has 0 fully saturated rings. The van der Waals surface area contributed by atoms with Gasteiger partial charge in [-0.05, 0) is 24.5 Å². The van der Waals surface area contributed by atoms with Crippen LogP contribution in [0.1, 0.15) is 50.1 Å². The zero-order chi connectivity index (χ0) is 12.5. The predicted molar refractivity (Wildman–Crippen MR) is 67.2 cm³/mol. The normalized spacial score (nSPS) is 12.6. The highest BCUT2D eigenvalue weighted by atomic mass is 16.5. The van der Waals surface area contributed by atoms with Crippen LogP contribution in [0.4, 0.5) is 0 Å². The maximum absolute atomic E-state index is 11.6. The minimum Gasteiger partial charge on any atom is -0.461 e. The number of carbonyl (C=O) groups excluding carboxylic acids is 1. The number of unbranched alkanes of at least 4 members (excludes halogenated alkanes) is 1. The summed E-state index contributed by atoms with van der Waals surface area (Å²) in [4.78, 5) is 11.6. The molecule has 0 amide bonds. The van der Waals surface area contributed by atoms with Crippen LogP contribution in [0.25, 0.3) is 0 Å². The van der Waals surface area contributed by atoms with Crippen LogP contribution in [0, 0.1) is 5.92 Å². The van der Waals surface area contributed by atoms with Crippen molar-refractivity contribution in [2.24, 2.45) is 5.92 Å². The Hall–Kier alpha value is -1.09. The minimum absolute atomic E-state index is 0.0830. The van der Waals surface area contributed by atoms with Crippen molar-refractivity contribution in [1.82, 2.24) is 0 Å². The highest BCUT2D eigenvalue weighted by molar-refractivity contribution is 5.94. The summed E-state index contributed by atoms with van der Waals surface area (Å²) in [7, 11) is 0. The molecule has 0 bridgehead atoms. The third kappa shape index (κ3) is 5.18. The number of carbonyl (C=O) groups is 1. The van der Waals surface area contributed by atoms with E-state index >= 15 is 0 Å². The van der Waals surface area contributed by atoms with Crippen molar-refractivity contribution >= 4 is 5.78 Å². The third-order valence-corrected chi connectivity index (χ3v) is 2.93. The molecule has 1 aromatic rings. The maximum Gasteiger partial charge on any atom is 0.223 e. The average molecular weight is 238 g/mol. The van der Waals surface area contributed by atoms with Crippen molar-refractivity contribution in [3.05, 3.63) is 24.2 Å². The van der Waals surface area contributed by atoms with Crippen LogP contribution in [-0.2, 0) is 4.74 Å². The molecular weight excluding hydrogens is 216 g/mol. The molecule has 0 aliphatic rings. The van der Waals surface area contributed by atoms with Crippen LogP contribution in [0.3, 0.4) is 0 Å². The summed E-state index contributed by atoms with van der Waals surface area (Å²) in [6.07, 6.45) is 6.23. The first-order valence-corrected chi connectivity index (χ1v) is 6.42. The van der Waals surface area contributed by atoms with Gasteiger partial charge in [-0.3, -0.25) is 4.79 Å². The summed E-state index contributed by atoms with van der Waals surface area (Å²) < 4.78 is 10.5. The van der Waals surface area contributed by atoms with Gasteiger partial charge in [0.25, 0.3) is 0 Å². The average Bonchev–Trinajstić information content (AvgIpc) is 2.87. The summed E-state index contributed by atoms with van der Waals surface area (Å²) in [6.45, 7) is 5.14. The molecule has 0 saturated carbocycles. The summed E-state index contributed by atoms with van der Waals surface area (Å²) in [5.41, 5.74) is 0. The summed E-state index contributed by atoms with van der Waals surface area (Å²) in [5, 5.41) is 0. The molecule has 0 spiro atoms. The summed E-state index contributed by atoms with van der Waals surface area (Å²) in [5.74, 6) is 0.867. The Morgan fingerprint density at radius 1 is 1.47 bits per heavy atom. The molecule has 0 saturated heterocycles. The maximum atomic E-state index is 11.6. The van der Waals surface area contributed by atoms with E-state index in [1.807, 2.05) is 0 Å². The second-order valence-corrected chi connectivity index (χ2v) is 4.33. The first-order valence-electron chi connectivity index (χ1n) is 6.42. The second-order valence-electron chi connectivity index (χ2n) is 4.33. The Morgan fingerprint density at radius 3 is 2.88 bits per heavy atom. The predicted octanol–water partition coefficient (Wildman–Crippen LogP) is 3.70. The van der Waals surface area contributed by atoms with E-state index in [4.69, 9.17) is 9.15 Å². The second kappa shape index (κ2) is 8.07. The number of ketones is 1. The molecule has 3 heteroatoms. The van der Waals surface area contributed by atoms with E-state index in [0.29, 0.717) is 18.3 Å². The fourth-order valence-corrected chi connectivity index (χ4v) is 1.72. The molecule has 96 valence electrons. The molecular formula is C14H22O3. The van der Waals surface area contributed by atoms with Crippen molar-refractivity contribution in [2.45, 2.75) is 39.5 Å². The SMILES string of the molecule is CCCCC(CC)COCC(=O)c1ccco1. The van der Waals surface area contributed by atoms with E-state index in [9.17, 15) is 4.79 Å². The van der Waals surface area contributed by atoms with E-state index in [0.717, 1.165) is 6.42 Å². The first-order chi connectivity index (χ1) is 8.27. The minimum atomic E-state index is -0.0830. The molecule has 0 aliphatic carbocycles. The van der Waals surface area contributed by atoms with Gasteiger partial charge >= 0.3 is 0 Å². The van der Waals surface area contributed by atoms with Gasteiger partial charge in [0.2, 0.25) is 5.78 Å². The molecule has 1 rings (SSSR count). The van der Waals surface area contributed by atoms with Crippen LogP contribution < -0.4 is 0 Å². The first kappa shape index (κ1) is 14.0. The highest BCUT2D eigenvalue weighted by Crippen LogP contribution is 2.13. The Morgan fingerprint density at radius 2 is 2.29 bits per heavy atom. The molecule has 17 heavy (non-hydrogen) atoms. The van der Waals surface area contributed by atoms with Crippen LogP contribution in [-0.4, -0.2) is 19.0 Å². The lowest BCUT2D eigenvalue weighted by Crippen LogP contribution is -2.14. The van der Waals surface area contributed by atoms with E-state index in [2.05, 4.69) is 13.8 Å². The van der Waals surface area contributed by atoms with Gasteiger partial charge in [-0.25, -0.2) is 0 Å². The van der Waals surface area contributed by atoms with Gasteiger partial charge in [0.15, 0.2) is 5.76 Å². The largest absolute Gasteiger partial charge is 0.461 e. The quantitative estimate of drug-likeness (QED) is 0.616. The lowest BCUT2D eigenvalue weighted by Gasteiger charge is -2.13. The van der Waals surface area contributed by atoms with Crippen molar-refractivity contribution in [3.8, 4) is 0 Å². The van der Waals surface area contributed by atoms with Crippen molar-refractivity contribution in [3.63, 3.8) is 0 Å². The standard InChI is InChI=1S/C14H22O3/c1-3-5-7-12(4-2)10-16-11-13(15)14-8-6-9-17-14/h6,8-9,12H,3-5,7,10-11H2,1-2H3. The van der Waals surface area contributed by atoms with Crippen LogP contribution in [0.15, 0.2) is 22.8 Å². The van der Waals surface area contributed by atoms with Crippen molar-refractivity contribution in [1.29, 1.82) is 0 Å². The van der Waals surface area contributed by atoms with Gasteiger partial charge in [0.05, 0.1) is 6.26 Å². The molecule has 0 radical (unpaired) electrons.